The molecule has 0 aliphatic heterocycles. The molecule has 0 fully saturated rings. The zero-order valence-electron chi connectivity index (χ0n) is 18.4. The molecule has 0 bridgehead atoms. The molecule has 0 radical (unpaired) electrons. The molecule has 7 nitrogen and oxygen atoms in total. The first-order valence-corrected chi connectivity index (χ1v) is 11.1. The van der Waals surface area contributed by atoms with Crippen LogP contribution in [0.5, 0.6) is 0 Å². The van der Waals surface area contributed by atoms with E-state index in [4.69, 9.17) is 16.6 Å². The predicted octanol–water partition coefficient (Wildman–Crippen LogP) is 4.41. The zero-order chi connectivity index (χ0) is 23.5. The number of aromatic nitrogens is 3. The van der Waals surface area contributed by atoms with Crippen molar-refractivity contribution >= 4 is 34.2 Å². The van der Waals surface area contributed by atoms with Gasteiger partial charge in [0.05, 0.1) is 10.9 Å². The van der Waals surface area contributed by atoms with E-state index in [0.29, 0.717) is 33.8 Å². The SMILES string of the molecule is CCCCCn1c(=NC(=O)c2cccc(Cl)c2)c(C#N)cc2c(=O)n3cccc(C)c3nc21. The topological polar surface area (TPSA) is 92.5 Å². The summed E-state index contributed by atoms with van der Waals surface area (Å²) in [4.78, 5) is 35.3. The highest BCUT2D eigenvalue weighted by Gasteiger charge is 2.16. The lowest BCUT2D eigenvalue weighted by Crippen LogP contribution is -2.29. The summed E-state index contributed by atoms with van der Waals surface area (Å²) < 4.78 is 3.20. The summed E-state index contributed by atoms with van der Waals surface area (Å²) in [5, 5.41) is 10.6. The number of hydrogen-bond donors (Lipinski definition) is 0. The first-order chi connectivity index (χ1) is 15.9. The van der Waals surface area contributed by atoms with Crippen molar-refractivity contribution in [3.05, 3.63) is 86.2 Å². The molecule has 0 spiro atoms. The Morgan fingerprint density at radius 3 is 2.73 bits per heavy atom. The number of halogens is 1. The van der Waals surface area contributed by atoms with Crippen LogP contribution in [0.2, 0.25) is 5.02 Å². The third kappa shape index (κ3) is 4.30. The average molecular weight is 460 g/mol. The molecule has 0 atom stereocenters. The molecular weight excluding hydrogens is 438 g/mol. The van der Waals surface area contributed by atoms with Gasteiger partial charge < -0.3 is 4.57 Å². The molecule has 33 heavy (non-hydrogen) atoms. The van der Waals surface area contributed by atoms with Gasteiger partial charge >= 0.3 is 0 Å². The van der Waals surface area contributed by atoms with Crippen LogP contribution in [0.1, 0.15) is 47.7 Å². The fourth-order valence-corrected chi connectivity index (χ4v) is 3.99. The Hall–Kier alpha value is -3.76. The van der Waals surface area contributed by atoms with Crippen LogP contribution in [-0.2, 0) is 6.54 Å². The molecule has 4 aromatic rings. The number of benzene rings is 1. The summed E-state index contributed by atoms with van der Waals surface area (Å²) in [5.74, 6) is -0.522. The van der Waals surface area contributed by atoms with Gasteiger partial charge in [0.25, 0.3) is 11.5 Å². The minimum atomic E-state index is -0.522. The van der Waals surface area contributed by atoms with E-state index < -0.39 is 5.91 Å². The summed E-state index contributed by atoms with van der Waals surface area (Å²) in [6.45, 7) is 4.44. The zero-order valence-corrected chi connectivity index (χ0v) is 19.1. The number of hydrogen-bond acceptors (Lipinski definition) is 4. The number of pyridine rings is 2. The molecule has 0 aliphatic rings. The molecule has 0 N–H and O–H groups in total. The minimum absolute atomic E-state index is 0.140. The third-order valence-electron chi connectivity index (χ3n) is 5.49. The third-order valence-corrected chi connectivity index (χ3v) is 5.72. The number of carbonyl (C=O) groups excluding carboxylic acids is 1. The quantitative estimate of drug-likeness (QED) is 0.326. The lowest BCUT2D eigenvalue weighted by molar-refractivity contribution is 0.0997. The van der Waals surface area contributed by atoms with Gasteiger partial charge in [-0.2, -0.15) is 10.3 Å². The lowest BCUT2D eigenvalue weighted by Gasteiger charge is -2.14. The maximum absolute atomic E-state index is 13.3. The number of amides is 1. The molecule has 3 aromatic heterocycles. The Morgan fingerprint density at radius 1 is 1.18 bits per heavy atom. The Morgan fingerprint density at radius 2 is 2.00 bits per heavy atom. The summed E-state index contributed by atoms with van der Waals surface area (Å²) in [5.41, 5.74) is 2.14. The summed E-state index contributed by atoms with van der Waals surface area (Å²) in [7, 11) is 0. The molecular formula is C25H22ClN5O2. The van der Waals surface area contributed by atoms with Crippen LogP contribution in [-0.4, -0.2) is 19.9 Å². The summed E-state index contributed by atoms with van der Waals surface area (Å²) in [6.07, 6.45) is 4.38. The Bertz CT molecular complexity index is 1560. The average Bonchev–Trinajstić information content (AvgIpc) is 2.81. The molecule has 0 aliphatic carbocycles. The number of fused-ring (bicyclic) bond motifs is 2. The molecule has 3 heterocycles. The van der Waals surface area contributed by atoms with Gasteiger partial charge in [-0.15, -0.1) is 0 Å². The van der Waals surface area contributed by atoms with Crippen LogP contribution in [0.25, 0.3) is 16.7 Å². The van der Waals surface area contributed by atoms with Gasteiger partial charge in [-0.05, 0) is 49.2 Å². The fourth-order valence-electron chi connectivity index (χ4n) is 3.80. The van der Waals surface area contributed by atoms with Crippen molar-refractivity contribution in [2.45, 2.75) is 39.7 Å². The summed E-state index contributed by atoms with van der Waals surface area (Å²) >= 11 is 6.03. The van der Waals surface area contributed by atoms with Crippen LogP contribution in [0.4, 0.5) is 0 Å². The molecule has 1 aromatic carbocycles. The van der Waals surface area contributed by atoms with E-state index in [0.717, 1.165) is 24.8 Å². The highest BCUT2D eigenvalue weighted by atomic mass is 35.5. The maximum atomic E-state index is 13.3. The van der Waals surface area contributed by atoms with E-state index in [1.165, 1.54) is 16.5 Å². The van der Waals surface area contributed by atoms with Gasteiger partial charge in [-0.3, -0.25) is 14.0 Å². The first-order valence-electron chi connectivity index (χ1n) is 10.7. The van der Waals surface area contributed by atoms with Gasteiger partial charge in [0.15, 0.2) is 5.49 Å². The lowest BCUT2D eigenvalue weighted by atomic mass is 10.2. The molecule has 1 amide bonds. The van der Waals surface area contributed by atoms with Crippen molar-refractivity contribution in [3.63, 3.8) is 0 Å². The van der Waals surface area contributed by atoms with E-state index in [9.17, 15) is 14.9 Å². The van der Waals surface area contributed by atoms with E-state index in [1.54, 1.807) is 35.0 Å². The first kappa shape index (κ1) is 22.4. The van der Waals surface area contributed by atoms with Crippen molar-refractivity contribution in [1.29, 1.82) is 5.26 Å². The molecule has 0 unspecified atom stereocenters. The second kappa shape index (κ2) is 9.39. The van der Waals surface area contributed by atoms with Gasteiger partial charge in [0.2, 0.25) is 0 Å². The highest BCUT2D eigenvalue weighted by Crippen LogP contribution is 2.15. The van der Waals surface area contributed by atoms with Crippen molar-refractivity contribution in [2.24, 2.45) is 4.99 Å². The van der Waals surface area contributed by atoms with E-state index in [-0.39, 0.29) is 16.6 Å². The number of rotatable bonds is 5. The summed E-state index contributed by atoms with van der Waals surface area (Å²) in [6, 6.07) is 13.7. The smallest absolute Gasteiger partial charge is 0.279 e. The number of nitriles is 1. The van der Waals surface area contributed by atoms with Crippen LogP contribution in [0.3, 0.4) is 0 Å². The Balaban J connectivity index is 2.08. The molecule has 0 saturated heterocycles. The van der Waals surface area contributed by atoms with Gasteiger partial charge in [0.1, 0.15) is 17.4 Å². The maximum Gasteiger partial charge on any atom is 0.279 e. The molecule has 4 rings (SSSR count). The van der Waals surface area contributed by atoms with Crippen LogP contribution in [0, 0.1) is 18.3 Å². The standard InChI is InChI=1S/C25H22ClN5O2/c1-3-4-5-11-30-22(29-24(32)17-9-6-10-19(26)13-17)18(15-27)14-20-23(30)28-21-16(2)8-7-12-31(21)25(20)33/h6-10,12-14H,3-5,11H2,1-2H3. The minimum Gasteiger partial charge on any atom is -0.309 e. The Kier molecular flexibility index (Phi) is 6.38. The molecule has 8 heteroatoms. The number of aryl methyl sites for hydroxylation is 2. The molecule has 0 saturated carbocycles. The van der Waals surface area contributed by atoms with Crippen molar-refractivity contribution in [3.8, 4) is 6.07 Å². The van der Waals surface area contributed by atoms with Gasteiger partial charge in [-0.25, -0.2) is 4.98 Å². The van der Waals surface area contributed by atoms with Gasteiger partial charge in [0, 0.05) is 23.3 Å². The van der Waals surface area contributed by atoms with Crippen LogP contribution >= 0.6 is 11.6 Å². The second-order valence-electron chi connectivity index (χ2n) is 7.82. The normalized spacial score (nSPS) is 11.8. The second-order valence-corrected chi connectivity index (χ2v) is 8.25. The largest absolute Gasteiger partial charge is 0.309 e. The van der Waals surface area contributed by atoms with Crippen LogP contribution < -0.4 is 11.0 Å². The number of carbonyl (C=O) groups is 1. The number of unbranched alkanes of at least 4 members (excludes halogenated alkanes) is 2. The monoisotopic (exact) mass is 459 g/mol. The van der Waals surface area contributed by atoms with Crippen molar-refractivity contribution < 1.29 is 4.79 Å². The fraction of sp³-hybridized carbons (Fsp3) is 0.240. The van der Waals surface area contributed by atoms with E-state index >= 15 is 0 Å². The van der Waals surface area contributed by atoms with Crippen molar-refractivity contribution in [2.75, 3.05) is 0 Å². The highest BCUT2D eigenvalue weighted by molar-refractivity contribution is 6.31. The van der Waals surface area contributed by atoms with Crippen LogP contribution in [0.15, 0.2) is 58.4 Å². The van der Waals surface area contributed by atoms with Gasteiger partial charge in [-0.1, -0.05) is 43.5 Å². The van der Waals surface area contributed by atoms with E-state index in [1.807, 2.05) is 13.0 Å². The van der Waals surface area contributed by atoms with E-state index in [2.05, 4.69) is 18.0 Å². The predicted molar refractivity (Wildman–Crippen MR) is 127 cm³/mol. The van der Waals surface area contributed by atoms with Crippen molar-refractivity contribution in [1.82, 2.24) is 14.0 Å². The molecule has 166 valence electrons. The number of nitrogens with zero attached hydrogens (tertiary/aromatic N) is 5. The Labute approximate surface area is 195 Å².